The highest BCUT2D eigenvalue weighted by molar-refractivity contribution is 6.06. The number of aromatic nitrogens is 4. The Kier molecular flexibility index (Phi) is 3.78. The summed E-state index contributed by atoms with van der Waals surface area (Å²) in [4.78, 5) is 19.6. The van der Waals surface area contributed by atoms with E-state index in [4.69, 9.17) is 4.52 Å². The first-order chi connectivity index (χ1) is 12.0. The molecule has 0 aliphatic carbocycles. The van der Waals surface area contributed by atoms with Crippen LogP contribution in [0.4, 0.5) is 0 Å². The van der Waals surface area contributed by atoms with Crippen molar-refractivity contribution >= 4 is 17.0 Å². The second-order valence-corrected chi connectivity index (χ2v) is 6.79. The Balaban J connectivity index is 1.67. The minimum atomic E-state index is 0.0215. The van der Waals surface area contributed by atoms with E-state index in [1.54, 1.807) is 0 Å². The van der Waals surface area contributed by atoms with Crippen molar-refractivity contribution in [2.24, 2.45) is 0 Å². The lowest BCUT2D eigenvalue weighted by molar-refractivity contribution is 0.0723. The van der Waals surface area contributed by atoms with Crippen LogP contribution >= 0.6 is 0 Å². The molecule has 0 unspecified atom stereocenters. The molecule has 3 aromatic heterocycles. The summed E-state index contributed by atoms with van der Waals surface area (Å²) in [6.45, 7) is 7.20. The summed E-state index contributed by atoms with van der Waals surface area (Å²) in [5.41, 5.74) is 3.64. The molecule has 1 aliphatic heterocycles. The zero-order valence-corrected chi connectivity index (χ0v) is 14.7. The molecule has 1 aliphatic rings. The van der Waals surface area contributed by atoms with Gasteiger partial charge in [0.1, 0.15) is 0 Å². The van der Waals surface area contributed by atoms with Gasteiger partial charge in [-0.2, -0.15) is 5.10 Å². The van der Waals surface area contributed by atoms with Crippen molar-refractivity contribution in [2.45, 2.75) is 46.2 Å². The third kappa shape index (κ3) is 2.79. The predicted molar refractivity (Wildman–Crippen MR) is 92.3 cm³/mol. The molecule has 1 atom stereocenters. The van der Waals surface area contributed by atoms with Gasteiger partial charge in [0.25, 0.3) is 11.6 Å². The average molecular weight is 339 g/mol. The van der Waals surface area contributed by atoms with Gasteiger partial charge in [0.2, 0.25) is 0 Å². The Bertz CT molecular complexity index is 942. The van der Waals surface area contributed by atoms with Crippen LogP contribution in [-0.4, -0.2) is 43.3 Å². The van der Waals surface area contributed by atoms with Gasteiger partial charge in [0.15, 0.2) is 0 Å². The fraction of sp³-hybridized carbons (Fsp3) is 0.444. The summed E-state index contributed by atoms with van der Waals surface area (Å²) in [5, 5.41) is 9.05. The minimum absolute atomic E-state index is 0.0215. The van der Waals surface area contributed by atoms with Crippen molar-refractivity contribution in [3.63, 3.8) is 0 Å². The highest BCUT2D eigenvalue weighted by Crippen LogP contribution is 2.27. The first-order valence-corrected chi connectivity index (χ1v) is 8.56. The maximum atomic E-state index is 13.3. The Morgan fingerprint density at radius 2 is 2.20 bits per heavy atom. The van der Waals surface area contributed by atoms with E-state index < -0.39 is 0 Å². The first-order valence-electron chi connectivity index (χ1n) is 8.56. The van der Waals surface area contributed by atoms with E-state index in [0.717, 1.165) is 42.6 Å². The van der Waals surface area contributed by atoms with E-state index in [9.17, 15) is 4.79 Å². The van der Waals surface area contributed by atoms with E-state index in [1.165, 1.54) is 0 Å². The Hall–Kier alpha value is -2.70. The second kappa shape index (κ2) is 5.98. The van der Waals surface area contributed by atoms with Gasteiger partial charge in [-0.25, -0.2) is 4.98 Å². The van der Waals surface area contributed by atoms with Gasteiger partial charge in [0, 0.05) is 18.4 Å². The molecule has 0 aromatic carbocycles. The molecule has 25 heavy (non-hydrogen) atoms. The summed E-state index contributed by atoms with van der Waals surface area (Å²) in [7, 11) is 0. The number of pyridine rings is 1. The van der Waals surface area contributed by atoms with Crippen LogP contribution in [0, 0.1) is 20.8 Å². The van der Waals surface area contributed by atoms with Gasteiger partial charge in [-0.1, -0.05) is 5.16 Å². The molecule has 0 radical (unpaired) electrons. The summed E-state index contributed by atoms with van der Waals surface area (Å²) in [6.07, 6.45) is 5.85. The third-order valence-corrected chi connectivity index (χ3v) is 4.77. The molecule has 1 fully saturated rings. The molecular weight excluding hydrogens is 318 g/mol. The first kappa shape index (κ1) is 15.8. The topological polar surface area (TPSA) is 77.0 Å². The predicted octanol–water partition coefficient (Wildman–Crippen LogP) is 2.65. The van der Waals surface area contributed by atoms with Crippen LogP contribution in [-0.2, 0) is 6.54 Å². The summed E-state index contributed by atoms with van der Waals surface area (Å²) in [5.74, 6) is 0.0215. The number of carbonyl (C=O) groups is 1. The molecule has 3 aromatic rings. The molecule has 7 nitrogen and oxygen atoms in total. The zero-order valence-electron chi connectivity index (χ0n) is 14.7. The molecule has 0 spiro atoms. The van der Waals surface area contributed by atoms with Crippen molar-refractivity contribution in [1.82, 2.24) is 24.8 Å². The van der Waals surface area contributed by atoms with Crippen molar-refractivity contribution in [2.75, 3.05) is 6.54 Å². The molecule has 130 valence electrons. The standard InChI is InChI=1S/C18H21N5O2/c1-11-8-19-22(9-11)10-14-5-4-6-23(14)18(24)15-7-12(2)20-17-16(15)13(3)21-25-17/h7-9,14H,4-6,10H2,1-3H3/t14-/m1/s1. The maximum Gasteiger partial charge on any atom is 0.258 e. The van der Waals surface area contributed by atoms with Gasteiger partial charge in [-0.3, -0.25) is 9.48 Å². The van der Waals surface area contributed by atoms with Crippen LogP contribution in [0.2, 0.25) is 0 Å². The Morgan fingerprint density at radius 3 is 2.96 bits per heavy atom. The number of likely N-dealkylation sites (tertiary alicyclic amines) is 1. The minimum Gasteiger partial charge on any atom is -0.336 e. The second-order valence-electron chi connectivity index (χ2n) is 6.79. The van der Waals surface area contributed by atoms with Crippen LogP contribution < -0.4 is 0 Å². The summed E-state index contributed by atoms with van der Waals surface area (Å²) in [6, 6.07) is 1.98. The molecule has 0 bridgehead atoms. The van der Waals surface area contributed by atoms with Crippen LogP contribution in [0.1, 0.15) is 40.2 Å². The zero-order chi connectivity index (χ0) is 17.6. The van der Waals surface area contributed by atoms with Crippen LogP contribution in [0.5, 0.6) is 0 Å². The lowest BCUT2D eigenvalue weighted by atomic mass is 10.1. The van der Waals surface area contributed by atoms with Crippen LogP contribution in [0.25, 0.3) is 11.1 Å². The lowest BCUT2D eigenvalue weighted by Gasteiger charge is -2.25. The Labute approximate surface area is 145 Å². The number of amides is 1. The maximum absolute atomic E-state index is 13.3. The number of rotatable bonds is 3. The van der Waals surface area contributed by atoms with E-state index in [2.05, 4.69) is 15.2 Å². The van der Waals surface area contributed by atoms with Gasteiger partial charge >= 0.3 is 0 Å². The highest BCUT2D eigenvalue weighted by atomic mass is 16.5. The van der Waals surface area contributed by atoms with E-state index in [-0.39, 0.29) is 11.9 Å². The summed E-state index contributed by atoms with van der Waals surface area (Å²) >= 11 is 0. The van der Waals surface area contributed by atoms with Crippen LogP contribution in [0.3, 0.4) is 0 Å². The smallest absolute Gasteiger partial charge is 0.258 e. The average Bonchev–Trinajstić information content (AvgIpc) is 3.28. The van der Waals surface area contributed by atoms with Crippen LogP contribution in [0.15, 0.2) is 23.0 Å². The third-order valence-electron chi connectivity index (χ3n) is 4.77. The highest BCUT2D eigenvalue weighted by Gasteiger charge is 2.31. The lowest BCUT2D eigenvalue weighted by Crippen LogP contribution is -2.38. The molecule has 4 rings (SSSR count). The van der Waals surface area contributed by atoms with E-state index >= 15 is 0 Å². The van der Waals surface area contributed by atoms with Gasteiger partial charge < -0.3 is 9.42 Å². The molecular formula is C18H21N5O2. The quantitative estimate of drug-likeness (QED) is 0.733. The summed E-state index contributed by atoms with van der Waals surface area (Å²) < 4.78 is 7.18. The fourth-order valence-electron chi connectivity index (χ4n) is 3.62. The number of hydrogen-bond acceptors (Lipinski definition) is 5. The molecule has 1 amide bonds. The van der Waals surface area contributed by atoms with E-state index in [1.807, 2.05) is 48.8 Å². The molecule has 0 saturated carbocycles. The largest absolute Gasteiger partial charge is 0.336 e. The van der Waals surface area contributed by atoms with Crippen molar-refractivity contribution in [1.29, 1.82) is 0 Å². The monoisotopic (exact) mass is 339 g/mol. The fourth-order valence-corrected chi connectivity index (χ4v) is 3.62. The van der Waals surface area contributed by atoms with Gasteiger partial charge in [0.05, 0.1) is 35.4 Å². The van der Waals surface area contributed by atoms with Crippen molar-refractivity contribution in [3.8, 4) is 0 Å². The van der Waals surface area contributed by atoms with Gasteiger partial charge in [-0.05, 0) is 45.2 Å². The van der Waals surface area contributed by atoms with Gasteiger partial charge in [-0.15, -0.1) is 0 Å². The SMILES string of the molecule is Cc1cnn(C[C@H]2CCCN2C(=O)c2cc(C)nc3onc(C)c23)c1. The normalized spacial score (nSPS) is 17.6. The molecule has 0 N–H and O–H groups in total. The molecule has 4 heterocycles. The number of fused-ring (bicyclic) bond motifs is 1. The van der Waals surface area contributed by atoms with Crippen molar-refractivity contribution < 1.29 is 9.32 Å². The van der Waals surface area contributed by atoms with Crippen molar-refractivity contribution in [3.05, 3.63) is 41.0 Å². The number of hydrogen-bond donors (Lipinski definition) is 0. The number of carbonyl (C=O) groups excluding carboxylic acids is 1. The Morgan fingerprint density at radius 1 is 1.36 bits per heavy atom. The number of aryl methyl sites for hydroxylation is 3. The molecule has 1 saturated heterocycles. The van der Waals surface area contributed by atoms with E-state index in [0.29, 0.717) is 17.0 Å². The number of nitrogens with zero attached hydrogens (tertiary/aromatic N) is 5. The molecule has 7 heteroatoms.